The predicted molar refractivity (Wildman–Crippen MR) is 123 cm³/mol. The molecular formula is C26H27N3O3. The molecule has 4 rings (SSSR count). The summed E-state index contributed by atoms with van der Waals surface area (Å²) >= 11 is 0. The van der Waals surface area contributed by atoms with Crippen LogP contribution < -0.4 is 10.1 Å². The van der Waals surface area contributed by atoms with Crippen molar-refractivity contribution in [1.82, 2.24) is 15.2 Å². The number of nitrogens with zero attached hydrogens (tertiary/aromatic N) is 2. The number of nitrogens with one attached hydrogen (secondary N) is 1. The van der Waals surface area contributed by atoms with Gasteiger partial charge in [-0.25, -0.2) is 0 Å². The first kappa shape index (κ1) is 21.6. The zero-order chi connectivity index (χ0) is 22.6. The maximum Gasteiger partial charge on any atom is 0.254 e. The zero-order valence-corrected chi connectivity index (χ0v) is 18.4. The van der Waals surface area contributed by atoms with Gasteiger partial charge in [0.2, 0.25) is 5.91 Å². The zero-order valence-electron chi connectivity index (χ0n) is 18.4. The van der Waals surface area contributed by atoms with E-state index in [2.05, 4.69) is 22.4 Å². The summed E-state index contributed by atoms with van der Waals surface area (Å²) in [6.07, 6.45) is 4.69. The van der Waals surface area contributed by atoms with Gasteiger partial charge in [-0.05, 0) is 59.9 Å². The minimum absolute atomic E-state index is 0.0389. The van der Waals surface area contributed by atoms with Crippen LogP contribution in [0.5, 0.6) is 5.75 Å². The molecule has 6 heteroatoms. The highest BCUT2D eigenvalue weighted by Gasteiger charge is 2.46. The van der Waals surface area contributed by atoms with Gasteiger partial charge in [0, 0.05) is 38.1 Å². The number of carbonyl (C=O) groups is 2. The van der Waals surface area contributed by atoms with Gasteiger partial charge in [0.25, 0.3) is 5.91 Å². The lowest BCUT2D eigenvalue weighted by molar-refractivity contribution is -0.129. The molecular weight excluding hydrogens is 402 g/mol. The number of benzene rings is 2. The van der Waals surface area contributed by atoms with E-state index in [1.807, 2.05) is 30.3 Å². The van der Waals surface area contributed by atoms with E-state index in [-0.39, 0.29) is 11.8 Å². The van der Waals surface area contributed by atoms with Crippen LogP contribution in [0, 0.1) is 5.41 Å². The van der Waals surface area contributed by atoms with Crippen LogP contribution in [0.4, 0.5) is 0 Å². The number of ether oxygens (including phenoxy) is 1. The summed E-state index contributed by atoms with van der Waals surface area (Å²) in [6.45, 7) is 0.897. The molecule has 1 fully saturated rings. The van der Waals surface area contributed by atoms with Crippen molar-refractivity contribution in [3.63, 3.8) is 0 Å². The molecule has 164 valence electrons. The molecule has 0 aliphatic carbocycles. The van der Waals surface area contributed by atoms with Crippen molar-refractivity contribution in [2.24, 2.45) is 5.41 Å². The Morgan fingerprint density at radius 1 is 1.09 bits per heavy atom. The highest BCUT2D eigenvalue weighted by molar-refractivity contribution is 5.96. The molecule has 0 bridgehead atoms. The topological polar surface area (TPSA) is 71.5 Å². The minimum atomic E-state index is -0.688. The van der Waals surface area contributed by atoms with Crippen LogP contribution in [0.1, 0.15) is 22.3 Å². The maximum absolute atomic E-state index is 13.2. The van der Waals surface area contributed by atoms with Crippen molar-refractivity contribution in [2.75, 3.05) is 27.2 Å². The predicted octanol–water partition coefficient (Wildman–Crippen LogP) is 3.58. The van der Waals surface area contributed by atoms with Crippen molar-refractivity contribution in [3.05, 3.63) is 84.2 Å². The normalized spacial score (nSPS) is 17.8. The Bertz CT molecular complexity index is 1120. The van der Waals surface area contributed by atoms with Gasteiger partial charge in [0.15, 0.2) is 0 Å². The van der Waals surface area contributed by atoms with E-state index in [4.69, 9.17) is 4.74 Å². The third-order valence-corrected chi connectivity index (χ3v) is 6.20. The molecule has 1 N–H and O–H groups in total. The Kier molecular flexibility index (Phi) is 6.21. The third-order valence-electron chi connectivity index (χ3n) is 6.20. The number of rotatable bonds is 6. The van der Waals surface area contributed by atoms with Crippen molar-refractivity contribution in [2.45, 2.75) is 12.8 Å². The number of hydrogen-bond acceptors (Lipinski definition) is 4. The summed E-state index contributed by atoms with van der Waals surface area (Å²) in [5.41, 5.74) is 3.10. The first-order chi connectivity index (χ1) is 15.6. The Morgan fingerprint density at radius 2 is 1.88 bits per heavy atom. The molecule has 1 aliphatic rings. The fourth-order valence-corrected chi connectivity index (χ4v) is 4.51. The summed E-state index contributed by atoms with van der Waals surface area (Å²) in [7, 11) is 3.24. The Morgan fingerprint density at radius 3 is 2.62 bits per heavy atom. The lowest BCUT2D eigenvalue weighted by Gasteiger charge is -2.28. The molecule has 0 spiro atoms. The molecule has 6 nitrogen and oxygen atoms in total. The average molecular weight is 430 g/mol. The lowest BCUT2D eigenvalue weighted by atomic mass is 9.78. The molecule has 1 atom stereocenters. The maximum atomic E-state index is 13.2. The van der Waals surface area contributed by atoms with E-state index in [0.717, 1.165) is 16.7 Å². The van der Waals surface area contributed by atoms with Gasteiger partial charge in [0.1, 0.15) is 5.75 Å². The van der Waals surface area contributed by atoms with Gasteiger partial charge in [-0.3, -0.25) is 14.6 Å². The van der Waals surface area contributed by atoms with Gasteiger partial charge in [0.05, 0.1) is 12.5 Å². The Balaban J connectivity index is 1.63. The molecule has 32 heavy (non-hydrogen) atoms. The molecule has 2 amide bonds. The largest absolute Gasteiger partial charge is 0.497 e. The third kappa shape index (κ3) is 4.21. The summed E-state index contributed by atoms with van der Waals surface area (Å²) in [5, 5.41) is 2.84. The summed E-state index contributed by atoms with van der Waals surface area (Å²) in [6, 6.07) is 19.2. The molecule has 2 aromatic carbocycles. The van der Waals surface area contributed by atoms with Crippen molar-refractivity contribution in [3.8, 4) is 16.9 Å². The molecule has 0 unspecified atom stereocenters. The standard InChI is InChI=1S/C26H27N3O3/c1-27-25(31)26(17-21-6-3-4-9-23(21)19-10-13-28-14-11-19)12-15-29(18-26)24(30)20-7-5-8-22(16-20)32-2/h3-11,13-14,16H,12,15,17-18H2,1-2H3,(H,27,31)/t26-/m1/s1. The van der Waals surface area contributed by atoms with E-state index >= 15 is 0 Å². The van der Waals surface area contributed by atoms with Crippen LogP contribution in [0.3, 0.4) is 0 Å². The van der Waals surface area contributed by atoms with E-state index in [0.29, 0.717) is 37.2 Å². The number of aromatic nitrogens is 1. The van der Waals surface area contributed by atoms with Crippen molar-refractivity contribution >= 4 is 11.8 Å². The SMILES string of the molecule is CNC(=O)[C@@]1(Cc2ccccc2-c2ccncc2)CCN(C(=O)c2cccc(OC)c2)C1. The molecule has 0 radical (unpaired) electrons. The van der Waals surface area contributed by atoms with Gasteiger partial charge >= 0.3 is 0 Å². The average Bonchev–Trinajstić information content (AvgIpc) is 3.29. The molecule has 3 aromatic rings. The Labute approximate surface area is 188 Å². The van der Waals surface area contributed by atoms with Crippen LogP contribution in [-0.2, 0) is 11.2 Å². The van der Waals surface area contributed by atoms with Crippen molar-refractivity contribution in [1.29, 1.82) is 0 Å². The van der Waals surface area contributed by atoms with Gasteiger partial charge in [-0.15, -0.1) is 0 Å². The molecule has 1 saturated heterocycles. The molecule has 1 aromatic heterocycles. The number of carbonyl (C=O) groups excluding carboxylic acids is 2. The highest BCUT2D eigenvalue weighted by atomic mass is 16.5. The minimum Gasteiger partial charge on any atom is -0.497 e. The molecule has 2 heterocycles. The fraction of sp³-hybridized carbons (Fsp3) is 0.269. The van der Waals surface area contributed by atoms with Gasteiger partial charge in [-0.2, -0.15) is 0 Å². The summed E-state index contributed by atoms with van der Waals surface area (Å²) in [5.74, 6) is 0.513. The number of amides is 2. The van der Waals surface area contributed by atoms with E-state index < -0.39 is 5.41 Å². The quantitative estimate of drug-likeness (QED) is 0.650. The van der Waals surface area contributed by atoms with E-state index in [1.165, 1.54) is 0 Å². The summed E-state index contributed by atoms with van der Waals surface area (Å²) in [4.78, 5) is 32.2. The number of hydrogen-bond donors (Lipinski definition) is 1. The molecule has 0 saturated carbocycles. The number of methoxy groups -OCH3 is 1. The van der Waals surface area contributed by atoms with Gasteiger partial charge in [-0.1, -0.05) is 30.3 Å². The van der Waals surface area contributed by atoms with Crippen LogP contribution in [0.2, 0.25) is 0 Å². The van der Waals surface area contributed by atoms with Crippen LogP contribution in [-0.4, -0.2) is 48.9 Å². The lowest BCUT2D eigenvalue weighted by Crippen LogP contribution is -2.44. The van der Waals surface area contributed by atoms with Crippen LogP contribution in [0.15, 0.2) is 73.1 Å². The van der Waals surface area contributed by atoms with Crippen LogP contribution in [0.25, 0.3) is 11.1 Å². The highest BCUT2D eigenvalue weighted by Crippen LogP contribution is 2.38. The summed E-state index contributed by atoms with van der Waals surface area (Å²) < 4.78 is 5.26. The van der Waals surface area contributed by atoms with Crippen LogP contribution >= 0.6 is 0 Å². The van der Waals surface area contributed by atoms with Crippen molar-refractivity contribution < 1.29 is 14.3 Å². The molecule has 1 aliphatic heterocycles. The Hall–Kier alpha value is -3.67. The monoisotopic (exact) mass is 429 g/mol. The second-order valence-corrected chi connectivity index (χ2v) is 8.14. The second-order valence-electron chi connectivity index (χ2n) is 8.14. The second kappa shape index (κ2) is 9.22. The first-order valence-corrected chi connectivity index (χ1v) is 10.7. The smallest absolute Gasteiger partial charge is 0.254 e. The van der Waals surface area contributed by atoms with E-state index in [9.17, 15) is 9.59 Å². The van der Waals surface area contributed by atoms with E-state index in [1.54, 1.807) is 49.7 Å². The number of likely N-dealkylation sites (tertiary alicyclic amines) is 1. The van der Waals surface area contributed by atoms with Gasteiger partial charge < -0.3 is 15.0 Å². The first-order valence-electron chi connectivity index (χ1n) is 10.7. The fourth-order valence-electron chi connectivity index (χ4n) is 4.51. The number of pyridine rings is 1.